The summed E-state index contributed by atoms with van der Waals surface area (Å²) in [5, 5.41) is 13.7. The molecule has 0 aliphatic rings. The Morgan fingerprint density at radius 2 is 1.85 bits per heavy atom. The highest BCUT2D eigenvalue weighted by molar-refractivity contribution is 8.93. The maximum absolute atomic E-state index is 10.6. The predicted octanol–water partition coefficient (Wildman–Crippen LogP) is 4.52. The molecule has 0 spiro atoms. The van der Waals surface area contributed by atoms with Crippen molar-refractivity contribution in [3.63, 3.8) is 0 Å². The van der Waals surface area contributed by atoms with Gasteiger partial charge < -0.3 is 0 Å². The van der Waals surface area contributed by atoms with Crippen LogP contribution in [0.5, 0.6) is 0 Å². The Bertz CT molecular complexity index is 588. The molecule has 6 heteroatoms. The molecule has 2 rings (SSSR count). The van der Waals surface area contributed by atoms with Crippen LogP contribution in [-0.2, 0) is 11.8 Å². The van der Waals surface area contributed by atoms with Crippen LogP contribution in [0.1, 0.15) is 37.0 Å². The van der Waals surface area contributed by atoms with E-state index in [1.165, 1.54) is 12.1 Å². The van der Waals surface area contributed by atoms with E-state index in [1.54, 1.807) is 23.5 Å². The van der Waals surface area contributed by atoms with Crippen molar-refractivity contribution in [3.8, 4) is 0 Å². The highest BCUT2D eigenvalue weighted by atomic mass is 79.9. The van der Waals surface area contributed by atoms with Crippen LogP contribution in [0.3, 0.4) is 0 Å². The van der Waals surface area contributed by atoms with Gasteiger partial charge in [0.25, 0.3) is 5.69 Å². The van der Waals surface area contributed by atoms with Gasteiger partial charge in [-0.05, 0) is 5.56 Å². The second-order valence-electron chi connectivity index (χ2n) is 5.48. The molecule has 0 radical (unpaired) electrons. The second kappa shape index (κ2) is 6.45. The van der Waals surface area contributed by atoms with E-state index in [4.69, 9.17) is 0 Å². The van der Waals surface area contributed by atoms with Crippen LogP contribution in [0.15, 0.2) is 29.6 Å². The van der Waals surface area contributed by atoms with Crippen molar-refractivity contribution < 1.29 is 4.92 Å². The third-order valence-corrected chi connectivity index (χ3v) is 3.67. The number of rotatable bonds is 3. The lowest BCUT2D eigenvalue weighted by atomic mass is 9.93. The maximum atomic E-state index is 10.6. The van der Waals surface area contributed by atoms with Crippen molar-refractivity contribution in [3.05, 3.63) is 56.0 Å². The summed E-state index contributed by atoms with van der Waals surface area (Å²) in [6, 6.07) is 6.65. The van der Waals surface area contributed by atoms with Crippen molar-refractivity contribution in [1.29, 1.82) is 0 Å². The number of hydrogen-bond donors (Lipinski definition) is 0. The lowest BCUT2D eigenvalue weighted by Crippen LogP contribution is -2.11. The van der Waals surface area contributed by atoms with Crippen LogP contribution in [-0.4, -0.2) is 9.91 Å². The molecule has 20 heavy (non-hydrogen) atoms. The summed E-state index contributed by atoms with van der Waals surface area (Å²) in [6.07, 6.45) is 0.721. The number of nitrogens with zero attached hydrogens (tertiary/aromatic N) is 2. The largest absolute Gasteiger partial charge is 0.269 e. The molecule has 0 saturated carbocycles. The van der Waals surface area contributed by atoms with E-state index in [9.17, 15) is 10.1 Å². The van der Waals surface area contributed by atoms with Crippen molar-refractivity contribution in [2.24, 2.45) is 0 Å². The second-order valence-corrected chi connectivity index (χ2v) is 6.42. The van der Waals surface area contributed by atoms with Gasteiger partial charge in [-0.2, -0.15) is 0 Å². The summed E-state index contributed by atoms with van der Waals surface area (Å²) in [5.74, 6) is 0. The zero-order valence-corrected chi connectivity index (χ0v) is 14.2. The van der Waals surface area contributed by atoms with Gasteiger partial charge in [0.15, 0.2) is 0 Å². The number of halogens is 1. The number of non-ortho nitro benzene ring substituents is 1. The highest BCUT2D eigenvalue weighted by Gasteiger charge is 2.17. The van der Waals surface area contributed by atoms with Gasteiger partial charge in [0.2, 0.25) is 0 Å². The van der Waals surface area contributed by atoms with E-state index in [0.717, 1.165) is 22.7 Å². The van der Waals surface area contributed by atoms with Crippen LogP contribution in [0, 0.1) is 10.1 Å². The Balaban J connectivity index is 0.00000200. The molecule has 1 aromatic heterocycles. The molecule has 1 heterocycles. The number of benzene rings is 1. The zero-order chi connectivity index (χ0) is 14.0. The molecule has 0 N–H and O–H groups in total. The first-order valence-corrected chi connectivity index (χ1v) is 6.92. The van der Waals surface area contributed by atoms with Crippen LogP contribution in [0.2, 0.25) is 0 Å². The van der Waals surface area contributed by atoms with Gasteiger partial charge in [0.05, 0.1) is 15.6 Å². The molecule has 0 atom stereocenters. The molecule has 108 valence electrons. The molecule has 0 fully saturated rings. The lowest BCUT2D eigenvalue weighted by molar-refractivity contribution is -0.384. The number of nitro benzene ring substituents is 1. The minimum absolute atomic E-state index is 0. The first-order valence-electron chi connectivity index (χ1n) is 6.04. The fourth-order valence-corrected chi connectivity index (χ4v) is 2.70. The Labute approximate surface area is 132 Å². The fraction of sp³-hybridized carbons (Fsp3) is 0.357. The zero-order valence-electron chi connectivity index (χ0n) is 11.6. The molecule has 2 aromatic rings. The molecular formula is C14H17BrN2O2S. The van der Waals surface area contributed by atoms with Crippen molar-refractivity contribution >= 4 is 34.0 Å². The van der Waals surface area contributed by atoms with E-state index in [-0.39, 0.29) is 33.0 Å². The first kappa shape index (κ1) is 16.8. The Morgan fingerprint density at radius 1 is 1.25 bits per heavy atom. The molecule has 0 bridgehead atoms. The summed E-state index contributed by atoms with van der Waals surface area (Å²) in [6.45, 7) is 6.41. The Kier molecular flexibility index (Phi) is 5.42. The molecule has 0 unspecified atom stereocenters. The van der Waals surface area contributed by atoms with Crippen LogP contribution >= 0.6 is 28.3 Å². The van der Waals surface area contributed by atoms with E-state index in [0.29, 0.717) is 0 Å². The molecule has 0 amide bonds. The van der Waals surface area contributed by atoms with Gasteiger partial charge in [0, 0.05) is 29.3 Å². The monoisotopic (exact) mass is 356 g/mol. The van der Waals surface area contributed by atoms with Gasteiger partial charge in [0.1, 0.15) is 0 Å². The number of hydrogen-bond acceptors (Lipinski definition) is 4. The molecule has 1 aromatic carbocycles. The van der Waals surface area contributed by atoms with Gasteiger partial charge in [-0.3, -0.25) is 10.1 Å². The van der Waals surface area contributed by atoms with Crippen LogP contribution in [0.4, 0.5) is 5.69 Å². The Hall–Kier alpha value is -1.27. The summed E-state index contributed by atoms with van der Waals surface area (Å²) < 4.78 is 0. The Morgan fingerprint density at radius 3 is 2.30 bits per heavy atom. The molecule has 0 aliphatic carbocycles. The average Bonchev–Trinajstić information content (AvgIpc) is 2.78. The first-order chi connectivity index (χ1) is 8.86. The van der Waals surface area contributed by atoms with E-state index in [2.05, 4.69) is 31.1 Å². The molecule has 0 aliphatic heterocycles. The average molecular weight is 357 g/mol. The molecule has 0 saturated heterocycles. The smallest absolute Gasteiger partial charge is 0.258 e. The molecular weight excluding hydrogens is 340 g/mol. The quantitative estimate of drug-likeness (QED) is 0.600. The summed E-state index contributed by atoms with van der Waals surface area (Å²) in [7, 11) is 0. The normalized spacial score (nSPS) is 10.9. The van der Waals surface area contributed by atoms with Crippen molar-refractivity contribution in [2.45, 2.75) is 32.6 Å². The fourth-order valence-electron chi connectivity index (χ4n) is 1.65. The minimum atomic E-state index is -0.384. The summed E-state index contributed by atoms with van der Waals surface area (Å²) in [4.78, 5) is 14.8. The van der Waals surface area contributed by atoms with E-state index < -0.39 is 0 Å². The predicted molar refractivity (Wildman–Crippen MR) is 87.0 cm³/mol. The van der Waals surface area contributed by atoms with Gasteiger partial charge in [-0.15, -0.1) is 28.3 Å². The maximum Gasteiger partial charge on any atom is 0.269 e. The third kappa shape index (κ3) is 4.11. The van der Waals surface area contributed by atoms with E-state index in [1.807, 2.05) is 0 Å². The van der Waals surface area contributed by atoms with Crippen LogP contribution in [0.25, 0.3) is 0 Å². The minimum Gasteiger partial charge on any atom is -0.258 e. The van der Waals surface area contributed by atoms with Crippen molar-refractivity contribution in [1.82, 2.24) is 4.98 Å². The van der Waals surface area contributed by atoms with Gasteiger partial charge >= 0.3 is 0 Å². The van der Waals surface area contributed by atoms with Gasteiger partial charge in [-0.1, -0.05) is 32.9 Å². The standard InChI is InChI=1S/C14H16N2O2S.BrH/c1-14(2,3)12-9-19-13(15-12)8-10-4-6-11(7-5-10)16(17)18;/h4-7,9H,8H2,1-3H3;1H. The molecule has 4 nitrogen and oxygen atoms in total. The lowest BCUT2D eigenvalue weighted by Gasteiger charge is -2.14. The highest BCUT2D eigenvalue weighted by Crippen LogP contribution is 2.25. The SMILES string of the molecule is Br.CC(C)(C)c1csc(Cc2ccc([N+](=O)[O-])cc2)n1. The summed E-state index contributed by atoms with van der Waals surface area (Å²) in [5.41, 5.74) is 2.32. The van der Waals surface area contributed by atoms with Gasteiger partial charge in [-0.25, -0.2) is 4.98 Å². The van der Waals surface area contributed by atoms with Crippen LogP contribution < -0.4 is 0 Å². The topological polar surface area (TPSA) is 56.0 Å². The number of thiazole rings is 1. The van der Waals surface area contributed by atoms with E-state index >= 15 is 0 Å². The summed E-state index contributed by atoms with van der Waals surface area (Å²) >= 11 is 1.64. The number of aromatic nitrogens is 1. The number of nitro groups is 1. The van der Waals surface area contributed by atoms with Crippen molar-refractivity contribution in [2.75, 3.05) is 0 Å². The third-order valence-electron chi connectivity index (χ3n) is 2.82.